The summed E-state index contributed by atoms with van der Waals surface area (Å²) < 4.78 is 0. The summed E-state index contributed by atoms with van der Waals surface area (Å²) in [5.41, 5.74) is 1.69. The molecule has 3 nitrogen and oxygen atoms in total. The molecule has 0 aliphatic carbocycles. The summed E-state index contributed by atoms with van der Waals surface area (Å²) in [7, 11) is 0. The highest BCUT2D eigenvalue weighted by Crippen LogP contribution is 2.28. The Bertz CT molecular complexity index is 342. The predicted octanol–water partition coefficient (Wildman–Crippen LogP) is 2.21. The van der Waals surface area contributed by atoms with E-state index in [1.807, 2.05) is 24.0 Å². The molecule has 1 rings (SSSR count). The van der Waals surface area contributed by atoms with Gasteiger partial charge in [-0.15, -0.1) is 0 Å². The molecule has 0 amide bonds. The summed E-state index contributed by atoms with van der Waals surface area (Å²) in [5.74, 6) is 0. The van der Waals surface area contributed by atoms with Gasteiger partial charge in [0, 0.05) is 13.1 Å². The maximum absolute atomic E-state index is 9.43. The zero-order chi connectivity index (χ0) is 12.1. The van der Waals surface area contributed by atoms with Crippen LogP contribution in [-0.2, 0) is 0 Å². The van der Waals surface area contributed by atoms with Crippen molar-refractivity contribution in [3.8, 4) is 0 Å². The average molecular weight is 244 g/mol. The van der Waals surface area contributed by atoms with Gasteiger partial charge in [0.05, 0.1) is 23.4 Å². The van der Waals surface area contributed by atoms with Crippen LogP contribution in [0.15, 0.2) is 18.2 Å². The maximum atomic E-state index is 9.43. The van der Waals surface area contributed by atoms with Gasteiger partial charge < -0.3 is 15.1 Å². The average Bonchev–Trinajstić information content (AvgIpc) is 2.26. The SMILES string of the molecule is CCN(CCO)c1ccc([C@H](C)O)cc1Cl. The quantitative estimate of drug-likeness (QED) is 0.834. The largest absolute Gasteiger partial charge is 0.395 e. The lowest BCUT2D eigenvalue weighted by Crippen LogP contribution is -2.26. The minimum atomic E-state index is -0.514. The summed E-state index contributed by atoms with van der Waals surface area (Å²) in [6.45, 7) is 5.16. The number of nitrogens with zero attached hydrogens (tertiary/aromatic N) is 1. The van der Waals surface area contributed by atoms with Gasteiger partial charge in [-0.05, 0) is 31.5 Å². The van der Waals surface area contributed by atoms with E-state index in [1.165, 1.54) is 0 Å². The van der Waals surface area contributed by atoms with Crippen LogP contribution in [0.3, 0.4) is 0 Å². The molecule has 0 bridgehead atoms. The van der Waals surface area contributed by atoms with E-state index in [-0.39, 0.29) is 6.61 Å². The first kappa shape index (κ1) is 13.3. The highest BCUT2D eigenvalue weighted by atomic mass is 35.5. The van der Waals surface area contributed by atoms with E-state index in [9.17, 15) is 5.11 Å². The topological polar surface area (TPSA) is 43.7 Å². The van der Waals surface area contributed by atoms with Crippen LogP contribution in [0.25, 0.3) is 0 Å². The van der Waals surface area contributed by atoms with Crippen molar-refractivity contribution < 1.29 is 10.2 Å². The summed E-state index contributed by atoms with van der Waals surface area (Å²) in [6.07, 6.45) is -0.514. The van der Waals surface area contributed by atoms with Gasteiger partial charge in [0.1, 0.15) is 0 Å². The Kier molecular flexibility index (Phi) is 5.06. The lowest BCUT2D eigenvalue weighted by atomic mass is 10.1. The molecule has 0 unspecified atom stereocenters. The van der Waals surface area contributed by atoms with E-state index in [1.54, 1.807) is 13.0 Å². The Morgan fingerprint density at radius 2 is 2.12 bits per heavy atom. The van der Waals surface area contributed by atoms with Crippen molar-refractivity contribution in [2.24, 2.45) is 0 Å². The maximum Gasteiger partial charge on any atom is 0.0762 e. The monoisotopic (exact) mass is 243 g/mol. The van der Waals surface area contributed by atoms with E-state index in [0.717, 1.165) is 17.8 Å². The molecule has 16 heavy (non-hydrogen) atoms. The number of hydrogen-bond donors (Lipinski definition) is 2. The fourth-order valence-electron chi connectivity index (χ4n) is 1.61. The molecule has 1 aromatic rings. The van der Waals surface area contributed by atoms with Crippen molar-refractivity contribution >= 4 is 17.3 Å². The van der Waals surface area contributed by atoms with Crippen LogP contribution in [0.4, 0.5) is 5.69 Å². The molecule has 1 atom stereocenters. The number of aliphatic hydroxyl groups excluding tert-OH is 2. The Hall–Kier alpha value is -0.770. The van der Waals surface area contributed by atoms with Crippen molar-refractivity contribution in [3.05, 3.63) is 28.8 Å². The Morgan fingerprint density at radius 3 is 2.56 bits per heavy atom. The van der Waals surface area contributed by atoms with Gasteiger partial charge in [-0.2, -0.15) is 0 Å². The van der Waals surface area contributed by atoms with Gasteiger partial charge >= 0.3 is 0 Å². The van der Waals surface area contributed by atoms with Crippen molar-refractivity contribution in [1.82, 2.24) is 0 Å². The number of anilines is 1. The molecule has 0 aliphatic heterocycles. The van der Waals surface area contributed by atoms with E-state index in [0.29, 0.717) is 11.6 Å². The van der Waals surface area contributed by atoms with Crippen molar-refractivity contribution in [1.29, 1.82) is 0 Å². The predicted molar refractivity (Wildman–Crippen MR) is 67.1 cm³/mol. The van der Waals surface area contributed by atoms with E-state index >= 15 is 0 Å². The number of rotatable bonds is 5. The fraction of sp³-hybridized carbons (Fsp3) is 0.500. The van der Waals surface area contributed by atoms with Gasteiger partial charge in [0.2, 0.25) is 0 Å². The molecular weight excluding hydrogens is 226 g/mol. The molecule has 0 saturated carbocycles. The van der Waals surface area contributed by atoms with Gasteiger partial charge in [0.25, 0.3) is 0 Å². The highest BCUT2D eigenvalue weighted by Gasteiger charge is 2.10. The summed E-state index contributed by atoms with van der Waals surface area (Å²) in [5, 5.41) is 19.0. The first-order chi connectivity index (χ1) is 7.60. The van der Waals surface area contributed by atoms with Gasteiger partial charge in [-0.1, -0.05) is 17.7 Å². The minimum absolute atomic E-state index is 0.0995. The first-order valence-electron chi connectivity index (χ1n) is 5.43. The van der Waals surface area contributed by atoms with Crippen LogP contribution in [0.5, 0.6) is 0 Å². The minimum Gasteiger partial charge on any atom is -0.395 e. The van der Waals surface area contributed by atoms with Gasteiger partial charge in [-0.3, -0.25) is 0 Å². The number of aliphatic hydroxyl groups is 2. The molecule has 2 N–H and O–H groups in total. The number of hydrogen-bond acceptors (Lipinski definition) is 3. The van der Waals surface area contributed by atoms with Crippen molar-refractivity contribution in [2.45, 2.75) is 20.0 Å². The zero-order valence-electron chi connectivity index (χ0n) is 9.65. The molecular formula is C12H18ClNO2. The molecule has 0 saturated heterocycles. The van der Waals surface area contributed by atoms with E-state index in [4.69, 9.17) is 16.7 Å². The van der Waals surface area contributed by atoms with Gasteiger partial charge in [0.15, 0.2) is 0 Å². The van der Waals surface area contributed by atoms with Crippen molar-refractivity contribution in [2.75, 3.05) is 24.6 Å². The molecule has 4 heteroatoms. The zero-order valence-corrected chi connectivity index (χ0v) is 10.4. The molecule has 0 heterocycles. The number of likely N-dealkylation sites (N-methyl/N-ethyl adjacent to an activating group) is 1. The van der Waals surface area contributed by atoms with Gasteiger partial charge in [-0.25, -0.2) is 0 Å². The third-order valence-corrected chi connectivity index (χ3v) is 2.85. The lowest BCUT2D eigenvalue weighted by Gasteiger charge is -2.23. The molecule has 90 valence electrons. The third-order valence-electron chi connectivity index (χ3n) is 2.55. The van der Waals surface area contributed by atoms with Crippen LogP contribution in [0.1, 0.15) is 25.5 Å². The van der Waals surface area contributed by atoms with E-state index < -0.39 is 6.10 Å². The number of benzene rings is 1. The Morgan fingerprint density at radius 1 is 1.44 bits per heavy atom. The first-order valence-corrected chi connectivity index (χ1v) is 5.81. The standard InChI is InChI=1S/C12H18ClNO2/c1-3-14(6-7-15)12-5-4-10(9(2)16)8-11(12)13/h4-5,8-9,15-16H,3,6-7H2,1-2H3/t9-/m0/s1. The Balaban J connectivity index is 2.96. The second-order valence-corrected chi connectivity index (χ2v) is 4.10. The fourth-order valence-corrected chi connectivity index (χ4v) is 1.92. The van der Waals surface area contributed by atoms with E-state index in [2.05, 4.69) is 0 Å². The van der Waals surface area contributed by atoms with Crippen LogP contribution >= 0.6 is 11.6 Å². The molecule has 0 radical (unpaired) electrons. The number of halogens is 1. The molecule has 1 aromatic carbocycles. The molecule has 0 spiro atoms. The van der Waals surface area contributed by atoms with Crippen LogP contribution in [-0.4, -0.2) is 29.9 Å². The van der Waals surface area contributed by atoms with Crippen LogP contribution < -0.4 is 4.90 Å². The summed E-state index contributed by atoms with van der Waals surface area (Å²) >= 11 is 6.15. The molecule has 0 aromatic heterocycles. The second-order valence-electron chi connectivity index (χ2n) is 3.69. The van der Waals surface area contributed by atoms with Crippen molar-refractivity contribution in [3.63, 3.8) is 0 Å². The normalized spacial score (nSPS) is 12.6. The Labute approximate surface area is 101 Å². The second kappa shape index (κ2) is 6.09. The summed E-state index contributed by atoms with van der Waals surface area (Å²) in [4.78, 5) is 1.99. The smallest absolute Gasteiger partial charge is 0.0762 e. The highest BCUT2D eigenvalue weighted by molar-refractivity contribution is 6.33. The van der Waals surface area contributed by atoms with Crippen LogP contribution in [0.2, 0.25) is 5.02 Å². The lowest BCUT2D eigenvalue weighted by molar-refractivity contribution is 0.199. The molecule has 0 aliphatic rings. The van der Waals surface area contributed by atoms with Crippen LogP contribution in [0, 0.1) is 0 Å². The summed E-state index contributed by atoms with van der Waals surface area (Å²) in [6, 6.07) is 5.50. The molecule has 0 fully saturated rings. The third kappa shape index (κ3) is 3.11.